The molecule has 0 aliphatic rings. The molecule has 0 N–H and O–H groups in total. The van der Waals surface area contributed by atoms with Crippen LogP contribution >= 0.6 is 23.2 Å². The molecule has 0 bridgehead atoms. The monoisotopic (exact) mass is 308 g/mol. The minimum Gasteiger partial charge on any atom is -0.488 e. The van der Waals surface area contributed by atoms with Gasteiger partial charge in [0, 0.05) is 15.6 Å². The summed E-state index contributed by atoms with van der Waals surface area (Å²) in [4.78, 5) is 11.6. The molecular weight excluding hydrogens is 295 g/mol. The quantitative estimate of drug-likeness (QED) is 0.736. The van der Waals surface area contributed by atoms with Crippen molar-refractivity contribution >= 4 is 29.0 Å². The maximum Gasteiger partial charge on any atom is 0.163 e. The number of halogens is 2. The predicted octanol–water partition coefficient (Wildman–Crippen LogP) is 5.08. The second-order valence-corrected chi connectivity index (χ2v) is 5.42. The fourth-order valence-electron chi connectivity index (χ4n) is 1.83. The highest BCUT2D eigenvalue weighted by Crippen LogP contribution is 2.25. The van der Waals surface area contributed by atoms with E-state index in [-0.39, 0.29) is 5.78 Å². The first-order valence-electron chi connectivity index (χ1n) is 6.15. The summed E-state index contributed by atoms with van der Waals surface area (Å²) in [6.07, 6.45) is 0. The largest absolute Gasteiger partial charge is 0.488 e. The molecule has 0 unspecified atom stereocenters. The fourth-order valence-corrected chi connectivity index (χ4v) is 2.29. The van der Waals surface area contributed by atoms with Gasteiger partial charge in [0.05, 0.1) is 5.56 Å². The van der Waals surface area contributed by atoms with E-state index < -0.39 is 0 Å². The zero-order valence-electron chi connectivity index (χ0n) is 11.2. The third kappa shape index (κ3) is 3.53. The lowest BCUT2D eigenvalue weighted by atomic mass is 10.1. The van der Waals surface area contributed by atoms with Crippen LogP contribution < -0.4 is 4.74 Å². The molecular formula is C16H14Cl2O2. The van der Waals surface area contributed by atoms with E-state index in [0.717, 1.165) is 11.1 Å². The first kappa shape index (κ1) is 14.9. The molecule has 0 heterocycles. The van der Waals surface area contributed by atoms with Crippen LogP contribution in [0.3, 0.4) is 0 Å². The average molecular weight is 309 g/mol. The van der Waals surface area contributed by atoms with Gasteiger partial charge in [0.25, 0.3) is 0 Å². The van der Waals surface area contributed by atoms with Crippen molar-refractivity contribution < 1.29 is 9.53 Å². The molecule has 4 heteroatoms. The molecule has 2 nitrogen and oxygen atoms in total. The number of rotatable bonds is 4. The number of hydrogen-bond donors (Lipinski definition) is 0. The van der Waals surface area contributed by atoms with E-state index in [1.165, 1.54) is 6.92 Å². The zero-order valence-corrected chi connectivity index (χ0v) is 12.8. The maximum absolute atomic E-state index is 11.6. The highest BCUT2D eigenvalue weighted by molar-refractivity contribution is 6.31. The molecule has 0 amide bonds. The summed E-state index contributed by atoms with van der Waals surface area (Å²) in [5, 5.41) is 1.17. The van der Waals surface area contributed by atoms with Gasteiger partial charge in [0.2, 0.25) is 0 Å². The predicted molar refractivity (Wildman–Crippen MR) is 82.0 cm³/mol. The number of Topliss-reactive ketones (excluding diaryl/α,β-unsaturated/α-hetero) is 1. The Balaban J connectivity index is 2.20. The summed E-state index contributed by atoms with van der Waals surface area (Å²) in [6.45, 7) is 3.77. The molecule has 20 heavy (non-hydrogen) atoms. The Morgan fingerprint density at radius 2 is 1.90 bits per heavy atom. The van der Waals surface area contributed by atoms with Crippen molar-refractivity contribution in [3.05, 3.63) is 63.1 Å². The van der Waals surface area contributed by atoms with Gasteiger partial charge >= 0.3 is 0 Å². The lowest BCUT2D eigenvalue weighted by Crippen LogP contribution is -2.02. The van der Waals surface area contributed by atoms with Gasteiger partial charge in [0.1, 0.15) is 12.4 Å². The molecule has 0 spiro atoms. The third-order valence-electron chi connectivity index (χ3n) is 2.91. The number of carbonyl (C=O) groups is 1. The second-order valence-electron chi connectivity index (χ2n) is 4.58. The number of ketones is 1. The summed E-state index contributed by atoms with van der Waals surface area (Å²) in [5.41, 5.74) is 2.44. The number of carbonyl (C=O) groups excluding carboxylic acids is 1. The van der Waals surface area contributed by atoms with Crippen molar-refractivity contribution in [3.63, 3.8) is 0 Å². The van der Waals surface area contributed by atoms with Crippen LogP contribution in [0.4, 0.5) is 0 Å². The summed E-state index contributed by atoms with van der Waals surface area (Å²) >= 11 is 12.0. The lowest BCUT2D eigenvalue weighted by Gasteiger charge is -2.11. The minimum absolute atomic E-state index is 0.0856. The third-order valence-corrected chi connectivity index (χ3v) is 3.50. The van der Waals surface area contributed by atoms with Crippen molar-refractivity contribution in [1.29, 1.82) is 0 Å². The molecule has 0 saturated heterocycles. The van der Waals surface area contributed by atoms with Crippen LogP contribution in [0.15, 0.2) is 36.4 Å². The standard InChI is InChI=1S/C16H14Cl2O2/c1-10-3-4-12(15(18)7-10)9-20-16-6-5-13(17)8-14(16)11(2)19/h3-8H,9H2,1-2H3. The number of hydrogen-bond acceptors (Lipinski definition) is 2. The summed E-state index contributed by atoms with van der Waals surface area (Å²) in [6, 6.07) is 10.8. The van der Waals surface area contributed by atoms with Crippen molar-refractivity contribution in [2.75, 3.05) is 0 Å². The Hall–Kier alpha value is -1.51. The van der Waals surface area contributed by atoms with Gasteiger partial charge < -0.3 is 4.74 Å². The van der Waals surface area contributed by atoms with Crippen LogP contribution in [0.5, 0.6) is 5.75 Å². The topological polar surface area (TPSA) is 26.3 Å². The van der Waals surface area contributed by atoms with E-state index in [9.17, 15) is 4.79 Å². The Morgan fingerprint density at radius 1 is 1.15 bits per heavy atom. The van der Waals surface area contributed by atoms with Crippen LogP contribution in [0.25, 0.3) is 0 Å². The van der Waals surface area contributed by atoms with Gasteiger partial charge in [-0.3, -0.25) is 4.79 Å². The summed E-state index contributed by atoms with van der Waals surface area (Å²) in [7, 11) is 0. The van der Waals surface area contributed by atoms with Gasteiger partial charge in [-0.15, -0.1) is 0 Å². The minimum atomic E-state index is -0.0856. The van der Waals surface area contributed by atoms with Crippen LogP contribution in [-0.4, -0.2) is 5.78 Å². The van der Waals surface area contributed by atoms with E-state index in [2.05, 4.69) is 0 Å². The van der Waals surface area contributed by atoms with E-state index in [1.807, 2.05) is 25.1 Å². The molecule has 104 valence electrons. The number of aryl methyl sites for hydroxylation is 1. The Morgan fingerprint density at radius 3 is 2.55 bits per heavy atom. The smallest absolute Gasteiger partial charge is 0.163 e. The van der Waals surface area contributed by atoms with Gasteiger partial charge in [-0.25, -0.2) is 0 Å². The molecule has 0 saturated carbocycles. The SMILES string of the molecule is CC(=O)c1cc(Cl)ccc1OCc1ccc(C)cc1Cl. The van der Waals surface area contributed by atoms with E-state index in [4.69, 9.17) is 27.9 Å². The highest BCUT2D eigenvalue weighted by Gasteiger charge is 2.10. The Labute approximate surface area is 128 Å². The normalized spacial score (nSPS) is 10.4. The molecule has 0 aliphatic heterocycles. The molecule has 0 radical (unpaired) electrons. The lowest BCUT2D eigenvalue weighted by molar-refractivity contribution is 0.101. The van der Waals surface area contributed by atoms with Gasteiger partial charge in [0.15, 0.2) is 5.78 Å². The van der Waals surface area contributed by atoms with Crippen LogP contribution in [0.2, 0.25) is 10.0 Å². The van der Waals surface area contributed by atoms with Gasteiger partial charge in [-0.05, 0) is 43.7 Å². The van der Waals surface area contributed by atoms with Crippen LogP contribution in [0.1, 0.15) is 28.4 Å². The molecule has 0 atom stereocenters. The molecule has 2 rings (SSSR count). The number of ether oxygens (including phenoxy) is 1. The second kappa shape index (κ2) is 6.29. The first-order valence-corrected chi connectivity index (χ1v) is 6.91. The molecule has 0 aliphatic carbocycles. The van der Waals surface area contributed by atoms with Crippen LogP contribution in [-0.2, 0) is 6.61 Å². The number of benzene rings is 2. The van der Waals surface area contributed by atoms with Crippen molar-refractivity contribution in [3.8, 4) is 5.75 Å². The van der Waals surface area contributed by atoms with Crippen molar-refractivity contribution in [1.82, 2.24) is 0 Å². The highest BCUT2D eigenvalue weighted by atomic mass is 35.5. The van der Waals surface area contributed by atoms with E-state index >= 15 is 0 Å². The Bertz CT molecular complexity index is 651. The maximum atomic E-state index is 11.6. The molecule has 0 aromatic heterocycles. The first-order chi connectivity index (χ1) is 9.47. The molecule has 2 aromatic rings. The Kier molecular flexibility index (Phi) is 4.69. The summed E-state index contributed by atoms with van der Waals surface area (Å²) in [5.74, 6) is 0.427. The molecule has 2 aromatic carbocycles. The zero-order chi connectivity index (χ0) is 14.7. The van der Waals surface area contributed by atoms with Crippen molar-refractivity contribution in [2.45, 2.75) is 20.5 Å². The van der Waals surface area contributed by atoms with Crippen LogP contribution in [0, 0.1) is 6.92 Å². The average Bonchev–Trinajstić information content (AvgIpc) is 2.38. The van der Waals surface area contributed by atoms with E-state index in [1.54, 1.807) is 18.2 Å². The fraction of sp³-hybridized carbons (Fsp3) is 0.188. The summed E-state index contributed by atoms with van der Waals surface area (Å²) < 4.78 is 5.70. The molecule has 0 fully saturated rings. The van der Waals surface area contributed by atoms with Gasteiger partial charge in [-0.2, -0.15) is 0 Å². The van der Waals surface area contributed by atoms with E-state index in [0.29, 0.717) is 28.0 Å². The van der Waals surface area contributed by atoms with Gasteiger partial charge in [-0.1, -0.05) is 35.3 Å². The van der Waals surface area contributed by atoms with Crippen molar-refractivity contribution in [2.24, 2.45) is 0 Å².